The minimum absolute atomic E-state index is 0.0801. The highest BCUT2D eigenvalue weighted by Gasteiger charge is 2.09. The number of amides is 1. The van der Waals surface area contributed by atoms with Gasteiger partial charge in [0, 0.05) is 6.42 Å². The number of nitrogens with two attached hydrogens (primary N) is 1. The largest absolute Gasteiger partial charge is 0.507 e. The summed E-state index contributed by atoms with van der Waals surface area (Å²) in [6.45, 7) is 0. The fraction of sp³-hybridized carbons (Fsp3) is 0.222. The smallest absolute Gasteiger partial charge is 0.252 e. The van der Waals surface area contributed by atoms with E-state index in [2.05, 4.69) is 0 Å². The van der Waals surface area contributed by atoms with E-state index in [1.54, 1.807) is 6.07 Å². The number of hydrogen-bond acceptors (Lipinski definition) is 2. The van der Waals surface area contributed by atoms with E-state index in [-0.39, 0.29) is 11.3 Å². The number of halogens is 2. The maximum atomic E-state index is 10.9. The van der Waals surface area contributed by atoms with Gasteiger partial charge in [0.2, 0.25) is 0 Å². The number of carbonyl (C=O) groups excluding carboxylic acids is 1. The van der Waals surface area contributed by atoms with Crippen LogP contribution in [0.25, 0.3) is 0 Å². The Morgan fingerprint density at radius 1 is 1.50 bits per heavy atom. The van der Waals surface area contributed by atoms with Gasteiger partial charge in [0.05, 0.1) is 5.56 Å². The topological polar surface area (TPSA) is 63.3 Å². The van der Waals surface area contributed by atoms with Crippen LogP contribution in [0.2, 0.25) is 0 Å². The molecule has 1 aromatic carbocycles. The fourth-order valence-corrected chi connectivity index (χ4v) is 1.44. The molecule has 0 saturated heterocycles. The summed E-state index contributed by atoms with van der Waals surface area (Å²) >= 11 is 11.1. The van der Waals surface area contributed by atoms with E-state index in [1.165, 1.54) is 12.1 Å². The number of benzene rings is 1. The Morgan fingerprint density at radius 3 is 2.64 bits per heavy atom. The SMILES string of the molecule is NC(=O)c1cc(CC(Cl)Cl)ccc1O. The first-order valence-corrected chi connectivity index (χ1v) is 4.78. The Hall–Kier alpha value is -0.930. The summed E-state index contributed by atoms with van der Waals surface area (Å²) in [5, 5.41) is 9.27. The third-order valence-electron chi connectivity index (χ3n) is 1.72. The van der Waals surface area contributed by atoms with Gasteiger partial charge in [-0.3, -0.25) is 4.79 Å². The summed E-state index contributed by atoms with van der Waals surface area (Å²) in [5.74, 6) is -0.813. The first kappa shape index (κ1) is 11.1. The molecule has 0 aromatic heterocycles. The quantitative estimate of drug-likeness (QED) is 0.783. The number of phenols is 1. The molecular weight excluding hydrogens is 225 g/mol. The lowest BCUT2D eigenvalue weighted by atomic mass is 10.1. The number of carbonyl (C=O) groups is 1. The van der Waals surface area contributed by atoms with Crippen LogP contribution < -0.4 is 5.73 Å². The second-order valence-corrected chi connectivity index (χ2v) is 4.09. The maximum Gasteiger partial charge on any atom is 0.252 e. The van der Waals surface area contributed by atoms with Crippen molar-refractivity contribution in [3.63, 3.8) is 0 Å². The van der Waals surface area contributed by atoms with E-state index in [0.29, 0.717) is 6.42 Å². The molecule has 1 aromatic rings. The maximum absolute atomic E-state index is 10.9. The molecule has 0 heterocycles. The van der Waals surface area contributed by atoms with Gasteiger partial charge in [-0.15, -0.1) is 23.2 Å². The zero-order valence-corrected chi connectivity index (χ0v) is 8.72. The summed E-state index contributed by atoms with van der Waals surface area (Å²) < 4.78 is 0. The van der Waals surface area contributed by atoms with Gasteiger partial charge >= 0.3 is 0 Å². The summed E-state index contributed by atoms with van der Waals surface area (Å²) in [6.07, 6.45) is 0.406. The minimum Gasteiger partial charge on any atom is -0.507 e. The Bertz CT molecular complexity index is 353. The van der Waals surface area contributed by atoms with Crippen molar-refractivity contribution >= 4 is 29.1 Å². The monoisotopic (exact) mass is 233 g/mol. The van der Waals surface area contributed by atoms with E-state index in [1.807, 2.05) is 0 Å². The van der Waals surface area contributed by atoms with Gasteiger partial charge in [-0.2, -0.15) is 0 Å². The van der Waals surface area contributed by atoms with Crippen molar-refractivity contribution in [3.05, 3.63) is 29.3 Å². The number of primary amides is 1. The van der Waals surface area contributed by atoms with E-state index >= 15 is 0 Å². The molecule has 14 heavy (non-hydrogen) atoms. The standard InChI is InChI=1S/C9H9Cl2NO2/c10-8(11)4-5-1-2-7(13)6(3-5)9(12)14/h1-3,8,13H,4H2,(H2,12,14). The molecule has 3 nitrogen and oxygen atoms in total. The summed E-state index contributed by atoms with van der Waals surface area (Å²) in [5.41, 5.74) is 5.89. The van der Waals surface area contributed by atoms with Gasteiger partial charge in [0.25, 0.3) is 5.91 Å². The van der Waals surface area contributed by atoms with Crippen LogP contribution in [0.4, 0.5) is 0 Å². The molecule has 1 rings (SSSR count). The molecule has 3 N–H and O–H groups in total. The van der Waals surface area contributed by atoms with E-state index in [9.17, 15) is 9.90 Å². The Morgan fingerprint density at radius 2 is 2.14 bits per heavy atom. The summed E-state index contributed by atoms with van der Waals surface area (Å²) in [4.78, 5) is 10.3. The Balaban J connectivity index is 3.00. The van der Waals surface area contributed by atoms with Gasteiger partial charge in [-0.05, 0) is 17.7 Å². The lowest BCUT2D eigenvalue weighted by molar-refractivity contribution is 0.0997. The van der Waals surface area contributed by atoms with Crippen molar-refractivity contribution in [2.24, 2.45) is 5.73 Å². The lowest BCUT2D eigenvalue weighted by Gasteiger charge is -2.05. The predicted octanol–water partition coefficient (Wildman–Crippen LogP) is 1.84. The van der Waals surface area contributed by atoms with Crippen molar-refractivity contribution in [3.8, 4) is 5.75 Å². The molecule has 0 aliphatic heterocycles. The van der Waals surface area contributed by atoms with Crippen LogP contribution in [-0.2, 0) is 6.42 Å². The Kier molecular flexibility index (Phi) is 3.61. The van der Waals surface area contributed by atoms with Crippen molar-refractivity contribution in [2.45, 2.75) is 11.3 Å². The second-order valence-electron chi connectivity index (χ2n) is 2.81. The van der Waals surface area contributed by atoms with Crippen LogP contribution in [0.15, 0.2) is 18.2 Å². The number of hydrogen-bond donors (Lipinski definition) is 2. The molecule has 0 aliphatic rings. The van der Waals surface area contributed by atoms with Crippen molar-refractivity contribution in [1.29, 1.82) is 0 Å². The van der Waals surface area contributed by atoms with Crippen LogP contribution >= 0.6 is 23.2 Å². The van der Waals surface area contributed by atoms with E-state index < -0.39 is 10.7 Å². The van der Waals surface area contributed by atoms with Crippen LogP contribution in [-0.4, -0.2) is 15.8 Å². The van der Waals surface area contributed by atoms with Crippen molar-refractivity contribution in [1.82, 2.24) is 0 Å². The number of rotatable bonds is 3. The highest BCUT2D eigenvalue weighted by atomic mass is 35.5. The van der Waals surface area contributed by atoms with Gasteiger partial charge in [-0.1, -0.05) is 6.07 Å². The Labute approximate surface area is 91.4 Å². The molecule has 0 bridgehead atoms. The molecule has 0 fully saturated rings. The fourth-order valence-electron chi connectivity index (χ4n) is 1.09. The molecule has 0 radical (unpaired) electrons. The molecule has 0 saturated carbocycles. The number of alkyl halides is 2. The van der Waals surface area contributed by atoms with Crippen molar-refractivity contribution in [2.75, 3.05) is 0 Å². The van der Waals surface area contributed by atoms with Crippen LogP contribution in [0.5, 0.6) is 5.75 Å². The molecule has 0 spiro atoms. The third-order valence-corrected chi connectivity index (χ3v) is 2.03. The van der Waals surface area contributed by atoms with E-state index in [4.69, 9.17) is 28.9 Å². The average molecular weight is 234 g/mol. The number of aromatic hydroxyl groups is 1. The van der Waals surface area contributed by atoms with Crippen LogP contribution in [0.1, 0.15) is 15.9 Å². The van der Waals surface area contributed by atoms with Crippen LogP contribution in [0, 0.1) is 0 Å². The third kappa shape index (κ3) is 2.79. The van der Waals surface area contributed by atoms with Gasteiger partial charge in [0.15, 0.2) is 0 Å². The molecule has 0 atom stereocenters. The minimum atomic E-state index is -0.676. The zero-order valence-electron chi connectivity index (χ0n) is 7.21. The first-order valence-electron chi connectivity index (χ1n) is 3.90. The zero-order chi connectivity index (χ0) is 10.7. The van der Waals surface area contributed by atoms with Crippen molar-refractivity contribution < 1.29 is 9.90 Å². The molecule has 0 aliphatic carbocycles. The summed E-state index contributed by atoms with van der Waals surface area (Å²) in [7, 11) is 0. The first-order chi connectivity index (χ1) is 6.50. The molecule has 5 heteroatoms. The van der Waals surface area contributed by atoms with E-state index in [0.717, 1.165) is 5.56 Å². The lowest BCUT2D eigenvalue weighted by Crippen LogP contribution is -2.11. The highest BCUT2D eigenvalue weighted by Crippen LogP contribution is 2.20. The molecule has 1 amide bonds. The van der Waals surface area contributed by atoms with Gasteiger partial charge < -0.3 is 10.8 Å². The van der Waals surface area contributed by atoms with Gasteiger partial charge in [0.1, 0.15) is 10.6 Å². The summed E-state index contributed by atoms with van der Waals surface area (Å²) in [6, 6.07) is 4.51. The predicted molar refractivity (Wildman–Crippen MR) is 55.8 cm³/mol. The average Bonchev–Trinajstić information content (AvgIpc) is 2.07. The molecule has 76 valence electrons. The van der Waals surface area contributed by atoms with Gasteiger partial charge in [-0.25, -0.2) is 0 Å². The second kappa shape index (κ2) is 4.53. The van der Waals surface area contributed by atoms with Crippen LogP contribution in [0.3, 0.4) is 0 Å². The molecule has 0 unspecified atom stereocenters. The normalized spacial score (nSPS) is 10.5. The molecular formula is C9H9Cl2NO2. The highest BCUT2D eigenvalue weighted by molar-refractivity contribution is 6.44.